The number of rotatable bonds is 9. The van der Waals surface area contributed by atoms with Crippen molar-refractivity contribution < 1.29 is 14.9 Å². The molecule has 1 rings (SSSR count). The topological polar surface area (TPSA) is 96.8 Å². The molecule has 0 amide bonds. The van der Waals surface area contributed by atoms with Crippen molar-refractivity contribution in [3.63, 3.8) is 0 Å². The van der Waals surface area contributed by atoms with Gasteiger partial charge < -0.3 is 20.7 Å². The maximum Gasteiger partial charge on any atom is 0.0862 e. The van der Waals surface area contributed by atoms with Gasteiger partial charge in [-0.15, -0.1) is 0 Å². The molecule has 104 valence electrons. The molecule has 1 heterocycles. The zero-order chi connectivity index (χ0) is 13.4. The minimum atomic E-state index is -0.562. The maximum atomic E-state index is 9.94. The molecule has 0 fully saturated rings. The molecule has 1 aromatic rings. The average molecular weight is 258 g/mol. The molecular formula is C11H22N4O3. The van der Waals surface area contributed by atoms with E-state index in [0.29, 0.717) is 38.5 Å². The van der Waals surface area contributed by atoms with E-state index in [2.05, 4.69) is 5.10 Å². The second-order valence-electron chi connectivity index (χ2n) is 4.17. The highest BCUT2D eigenvalue weighted by Gasteiger charge is 2.12. The quantitative estimate of drug-likeness (QED) is 0.513. The van der Waals surface area contributed by atoms with Gasteiger partial charge in [-0.3, -0.25) is 9.58 Å². The first-order valence-electron chi connectivity index (χ1n) is 5.94. The van der Waals surface area contributed by atoms with E-state index in [1.54, 1.807) is 24.2 Å². The summed E-state index contributed by atoms with van der Waals surface area (Å²) in [5.74, 6) is 0. The van der Waals surface area contributed by atoms with Gasteiger partial charge in [0.2, 0.25) is 0 Å². The van der Waals surface area contributed by atoms with Crippen molar-refractivity contribution in [2.24, 2.45) is 0 Å². The number of nitrogens with two attached hydrogens (primary N) is 1. The van der Waals surface area contributed by atoms with Crippen molar-refractivity contribution >= 4 is 5.69 Å². The maximum absolute atomic E-state index is 9.94. The molecule has 0 aliphatic carbocycles. The number of hydrogen-bond donors (Lipinski definition) is 3. The fourth-order valence-corrected chi connectivity index (χ4v) is 1.71. The van der Waals surface area contributed by atoms with Gasteiger partial charge in [-0.2, -0.15) is 5.10 Å². The van der Waals surface area contributed by atoms with Crippen molar-refractivity contribution in [2.45, 2.75) is 12.6 Å². The van der Waals surface area contributed by atoms with Gasteiger partial charge >= 0.3 is 0 Å². The van der Waals surface area contributed by atoms with Crippen LogP contribution in [0.1, 0.15) is 0 Å². The molecule has 0 aromatic carbocycles. The number of nitrogens with zero attached hydrogens (tertiary/aromatic N) is 3. The van der Waals surface area contributed by atoms with Gasteiger partial charge in [0.25, 0.3) is 0 Å². The highest BCUT2D eigenvalue weighted by atomic mass is 16.5. The van der Waals surface area contributed by atoms with Crippen LogP contribution < -0.4 is 5.73 Å². The third-order valence-electron chi connectivity index (χ3n) is 2.55. The number of aliphatic hydroxyl groups is 2. The predicted octanol–water partition coefficient (Wildman–Crippen LogP) is -1.23. The van der Waals surface area contributed by atoms with Gasteiger partial charge in [0.05, 0.1) is 37.7 Å². The summed E-state index contributed by atoms with van der Waals surface area (Å²) >= 11 is 0. The lowest BCUT2D eigenvalue weighted by molar-refractivity contribution is 0.0678. The van der Waals surface area contributed by atoms with Crippen molar-refractivity contribution in [3.05, 3.63) is 12.4 Å². The van der Waals surface area contributed by atoms with Crippen LogP contribution in [-0.4, -0.2) is 71.0 Å². The van der Waals surface area contributed by atoms with E-state index in [1.807, 2.05) is 4.90 Å². The Morgan fingerprint density at radius 1 is 1.56 bits per heavy atom. The molecule has 1 atom stereocenters. The van der Waals surface area contributed by atoms with Crippen LogP contribution in [0.5, 0.6) is 0 Å². The minimum absolute atomic E-state index is 0.0607. The summed E-state index contributed by atoms with van der Waals surface area (Å²) in [4.78, 5) is 1.95. The first-order chi connectivity index (χ1) is 8.65. The van der Waals surface area contributed by atoms with Gasteiger partial charge in [-0.1, -0.05) is 0 Å². The zero-order valence-corrected chi connectivity index (χ0v) is 10.7. The summed E-state index contributed by atoms with van der Waals surface area (Å²) in [5.41, 5.74) is 6.12. The van der Waals surface area contributed by atoms with E-state index < -0.39 is 6.10 Å². The van der Waals surface area contributed by atoms with Gasteiger partial charge in [0.1, 0.15) is 0 Å². The predicted molar refractivity (Wildman–Crippen MR) is 68.0 cm³/mol. The number of aliphatic hydroxyl groups excluding tert-OH is 2. The third kappa shape index (κ3) is 5.46. The monoisotopic (exact) mass is 258 g/mol. The van der Waals surface area contributed by atoms with E-state index in [9.17, 15) is 5.11 Å². The number of nitrogen functional groups attached to an aromatic ring is 1. The lowest BCUT2D eigenvalue weighted by atomic mass is 10.3. The molecule has 0 spiro atoms. The summed E-state index contributed by atoms with van der Waals surface area (Å²) in [6.45, 7) is 2.67. The zero-order valence-electron chi connectivity index (χ0n) is 10.7. The lowest BCUT2D eigenvalue weighted by Gasteiger charge is -2.23. The molecule has 0 saturated heterocycles. The van der Waals surface area contributed by atoms with Crippen LogP contribution in [0.4, 0.5) is 5.69 Å². The van der Waals surface area contributed by atoms with Crippen LogP contribution >= 0.6 is 0 Å². The third-order valence-corrected chi connectivity index (χ3v) is 2.55. The number of anilines is 1. The number of hydrogen-bond acceptors (Lipinski definition) is 6. The van der Waals surface area contributed by atoms with Crippen LogP contribution in [0.25, 0.3) is 0 Å². The largest absolute Gasteiger partial charge is 0.396 e. The lowest BCUT2D eigenvalue weighted by Crippen LogP contribution is -2.38. The summed E-state index contributed by atoms with van der Waals surface area (Å²) in [6.07, 6.45) is 2.66. The standard InChI is InChI=1S/C11H22N4O3/c1-18-5-3-14(2-4-16)8-11(17)9-15-7-10(12)6-13-15/h6-7,11,16-17H,2-5,8-9,12H2,1H3. The van der Waals surface area contributed by atoms with Crippen molar-refractivity contribution in [1.82, 2.24) is 14.7 Å². The first kappa shape index (κ1) is 14.9. The number of aromatic nitrogens is 2. The molecule has 1 aromatic heterocycles. The highest BCUT2D eigenvalue weighted by Crippen LogP contribution is 2.01. The molecule has 0 aliphatic rings. The van der Waals surface area contributed by atoms with Crippen LogP contribution in [-0.2, 0) is 11.3 Å². The Balaban J connectivity index is 2.37. The molecule has 0 radical (unpaired) electrons. The van der Waals surface area contributed by atoms with E-state index in [4.69, 9.17) is 15.6 Å². The van der Waals surface area contributed by atoms with Gasteiger partial charge in [0.15, 0.2) is 0 Å². The number of ether oxygens (including phenoxy) is 1. The fourth-order valence-electron chi connectivity index (χ4n) is 1.71. The van der Waals surface area contributed by atoms with E-state index in [-0.39, 0.29) is 6.61 Å². The van der Waals surface area contributed by atoms with E-state index in [0.717, 1.165) is 0 Å². The fraction of sp³-hybridized carbons (Fsp3) is 0.727. The van der Waals surface area contributed by atoms with Crippen molar-refractivity contribution in [2.75, 3.05) is 45.7 Å². The second kappa shape index (κ2) is 8.04. The van der Waals surface area contributed by atoms with Crippen molar-refractivity contribution in [1.29, 1.82) is 0 Å². The molecule has 1 unspecified atom stereocenters. The highest BCUT2D eigenvalue weighted by molar-refractivity contribution is 5.30. The Bertz CT molecular complexity index is 332. The SMILES string of the molecule is COCCN(CCO)CC(O)Cn1cc(N)cn1. The molecular weight excluding hydrogens is 236 g/mol. The Morgan fingerprint density at radius 2 is 2.33 bits per heavy atom. The summed E-state index contributed by atoms with van der Waals surface area (Å²) in [6, 6.07) is 0. The van der Waals surface area contributed by atoms with Crippen LogP contribution in [0.2, 0.25) is 0 Å². The first-order valence-corrected chi connectivity index (χ1v) is 5.94. The summed E-state index contributed by atoms with van der Waals surface area (Å²) in [5, 5.41) is 22.9. The van der Waals surface area contributed by atoms with Gasteiger partial charge in [-0.25, -0.2) is 0 Å². The second-order valence-corrected chi connectivity index (χ2v) is 4.17. The molecule has 4 N–H and O–H groups in total. The van der Waals surface area contributed by atoms with E-state index in [1.165, 1.54) is 0 Å². The molecule has 0 bridgehead atoms. The summed E-state index contributed by atoms with van der Waals surface area (Å²) < 4.78 is 6.59. The van der Waals surface area contributed by atoms with E-state index >= 15 is 0 Å². The van der Waals surface area contributed by atoms with Crippen molar-refractivity contribution in [3.8, 4) is 0 Å². The molecule has 7 nitrogen and oxygen atoms in total. The normalized spacial score (nSPS) is 13.1. The molecule has 0 aliphatic heterocycles. The Labute approximate surface area is 107 Å². The number of methoxy groups -OCH3 is 1. The molecule has 7 heteroatoms. The van der Waals surface area contributed by atoms with Gasteiger partial charge in [-0.05, 0) is 0 Å². The van der Waals surface area contributed by atoms with Gasteiger partial charge in [0, 0.05) is 32.9 Å². The Hall–Kier alpha value is -1.15. The average Bonchev–Trinajstić information content (AvgIpc) is 2.71. The Kier molecular flexibility index (Phi) is 6.66. The van der Waals surface area contributed by atoms with Crippen LogP contribution in [0.15, 0.2) is 12.4 Å². The molecule has 0 saturated carbocycles. The summed E-state index contributed by atoms with van der Waals surface area (Å²) in [7, 11) is 1.63. The minimum Gasteiger partial charge on any atom is -0.396 e. The Morgan fingerprint density at radius 3 is 2.89 bits per heavy atom. The smallest absolute Gasteiger partial charge is 0.0862 e. The van der Waals surface area contributed by atoms with Crippen LogP contribution in [0.3, 0.4) is 0 Å². The molecule has 18 heavy (non-hydrogen) atoms. The van der Waals surface area contributed by atoms with Crippen LogP contribution in [0, 0.1) is 0 Å².